The molecule has 0 saturated carbocycles. The normalized spacial score (nSPS) is 12.0. The van der Waals surface area contributed by atoms with E-state index >= 15 is 0 Å². The van der Waals surface area contributed by atoms with Crippen LogP contribution in [0.3, 0.4) is 0 Å². The Labute approximate surface area is 147 Å². The van der Waals surface area contributed by atoms with Crippen LogP contribution in [-0.2, 0) is 4.79 Å². The van der Waals surface area contributed by atoms with Gasteiger partial charge >= 0.3 is 0 Å². The Morgan fingerprint density at radius 2 is 1.92 bits per heavy atom. The average molecular weight is 346 g/mol. The first-order valence-electron chi connectivity index (χ1n) is 7.50. The molecular formula is C19H20ClNO3. The molecule has 0 spiro atoms. The van der Waals surface area contributed by atoms with E-state index in [1.54, 1.807) is 26.4 Å². The number of carbonyl (C=O) groups is 1. The molecule has 0 aliphatic heterocycles. The highest BCUT2D eigenvalue weighted by Gasteiger charge is 2.14. The van der Waals surface area contributed by atoms with Crippen LogP contribution in [-0.4, -0.2) is 20.1 Å². The lowest BCUT2D eigenvalue weighted by Gasteiger charge is -2.17. The molecule has 2 aromatic rings. The standard InChI is InChI=1S/C19H20ClNO3/c1-13(16-12-15(23-2)9-10-18(16)24-3)21-19(22)11-8-14-6-4-5-7-17(14)20/h4-13H,1-3H3,(H,21,22)/b11-8+. The van der Waals surface area contributed by atoms with Gasteiger partial charge in [0, 0.05) is 16.7 Å². The molecule has 2 aromatic carbocycles. The molecule has 4 nitrogen and oxygen atoms in total. The fourth-order valence-electron chi connectivity index (χ4n) is 2.29. The zero-order valence-corrected chi connectivity index (χ0v) is 14.6. The molecular weight excluding hydrogens is 326 g/mol. The molecule has 0 radical (unpaired) electrons. The molecule has 0 bridgehead atoms. The Bertz CT molecular complexity index is 743. The van der Waals surface area contributed by atoms with Crippen LogP contribution in [0.15, 0.2) is 48.5 Å². The van der Waals surface area contributed by atoms with Gasteiger partial charge in [-0.05, 0) is 42.8 Å². The van der Waals surface area contributed by atoms with Crippen LogP contribution < -0.4 is 14.8 Å². The zero-order valence-electron chi connectivity index (χ0n) is 13.9. The summed E-state index contributed by atoms with van der Waals surface area (Å²) in [6, 6.07) is 12.6. The van der Waals surface area contributed by atoms with Gasteiger partial charge in [-0.2, -0.15) is 0 Å². The molecule has 1 unspecified atom stereocenters. The predicted molar refractivity (Wildman–Crippen MR) is 96.6 cm³/mol. The molecule has 0 aliphatic carbocycles. The first-order valence-corrected chi connectivity index (χ1v) is 7.88. The molecule has 0 heterocycles. The van der Waals surface area contributed by atoms with E-state index in [0.717, 1.165) is 11.1 Å². The number of nitrogens with one attached hydrogen (secondary N) is 1. The van der Waals surface area contributed by atoms with E-state index < -0.39 is 0 Å². The van der Waals surface area contributed by atoms with Gasteiger partial charge in [0.1, 0.15) is 11.5 Å². The maximum absolute atomic E-state index is 12.2. The third kappa shape index (κ3) is 4.52. The number of halogens is 1. The van der Waals surface area contributed by atoms with Crippen molar-refractivity contribution in [3.05, 3.63) is 64.7 Å². The largest absolute Gasteiger partial charge is 0.497 e. The highest BCUT2D eigenvalue weighted by atomic mass is 35.5. The van der Waals surface area contributed by atoms with Gasteiger partial charge in [-0.15, -0.1) is 0 Å². The van der Waals surface area contributed by atoms with Crippen molar-refractivity contribution in [2.75, 3.05) is 14.2 Å². The summed E-state index contributed by atoms with van der Waals surface area (Å²) in [6.07, 6.45) is 3.15. The van der Waals surface area contributed by atoms with Crippen molar-refractivity contribution in [2.24, 2.45) is 0 Å². The topological polar surface area (TPSA) is 47.6 Å². The average Bonchev–Trinajstić information content (AvgIpc) is 2.60. The van der Waals surface area contributed by atoms with Gasteiger partial charge in [-0.3, -0.25) is 4.79 Å². The third-order valence-corrected chi connectivity index (χ3v) is 3.93. The zero-order chi connectivity index (χ0) is 17.5. The summed E-state index contributed by atoms with van der Waals surface area (Å²) < 4.78 is 10.6. The number of hydrogen-bond donors (Lipinski definition) is 1. The van der Waals surface area contributed by atoms with E-state index in [2.05, 4.69) is 5.32 Å². The Balaban J connectivity index is 2.10. The highest BCUT2D eigenvalue weighted by Crippen LogP contribution is 2.29. The number of ether oxygens (including phenoxy) is 2. The van der Waals surface area contributed by atoms with Crippen LogP contribution in [0.1, 0.15) is 24.1 Å². The van der Waals surface area contributed by atoms with Crippen molar-refractivity contribution in [1.29, 1.82) is 0 Å². The number of amides is 1. The maximum atomic E-state index is 12.2. The Morgan fingerprint density at radius 1 is 1.17 bits per heavy atom. The van der Waals surface area contributed by atoms with E-state index in [1.165, 1.54) is 6.08 Å². The second kappa shape index (κ2) is 8.41. The maximum Gasteiger partial charge on any atom is 0.244 e. The van der Waals surface area contributed by atoms with Gasteiger partial charge in [-0.25, -0.2) is 0 Å². The van der Waals surface area contributed by atoms with Gasteiger partial charge in [0.05, 0.1) is 20.3 Å². The molecule has 24 heavy (non-hydrogen) atoms. The van der Waals surface area contributed by atoms with Gasteiger partial charge < -0.3 is 14.8 Å². The SMILES string of the molecule is COc1ccc(OC)c(C(C)NC(=O)/C=C/c2ccccc2Cl)c1. The number of hydrogen-bond acceptors (Lipinski definition) is 3. The quantitative estimate of drug-likeness (QED) is 0.796. The van der Waals surface area contributed by atoms with Crippen molar-refractivity contribution in [3.8, 4) is 11.5 Å². The summed E-state index contributed by atoms with van der Waals surface area (Å²) in [5.74, 6) is 1.18. The second-order valence-corrected chi connectivity index (χ2v) is 5.60. The van der Waals surface area contributed by atoms with Crippen LogP contribution in [0.2, 0.25) is 5.02 Å². The lowest BCUT2D eigenvalue weighted by Crippen LogP contribution is -2.25. The molecule has 5 heteroatoms. The lowest BCUT2D eigenvalue weighted by molar-refractivity contribution is -0.117. The Morgan fingerprint density at radius 3 is 2.58 bits per heavy atom. The fourth-order valence-corrected chi connectivity index (χ4v) is 2.49. The Hall–Kier alpha value is -2.46. The number of benzene rings is 2. The van der Waals surface area contributed by atoms with Crippen LogP contribution in [0.25, 0.3) is 6.08 Å². The Kier molecular flexibility index (Phi) is 6.27. The van der Waals surface area contributed by atoms with E-state index in [9.17, 15) is 4.79 Å². The number of rotatable bonds is 6. The minimum Gasteiger partial charge on any atom is -0.497 e. The van der Waals surface area contributed by atoms with Crippen molar-refractivity contribution < 1.29 is 14.3 Å². The molecule has 1 N–H and O–H groups in total. The van der Waals surface area contributed by atoms with Gasteiger partial charge in [0.25, 0.3) is 0 Å². The number of carbonyl (C=O) groups excluding carboxylic acids is 1. The summed E-state index contributed by atoms with van der Waals surface area (Å²) in [5.41, 5.74) is 1.64. The summed E-state index contributed by atoms with van der Waals surface area (Å²) in [6.45, 7) is 1.89. The second-order valence-electron chi connectivity index (χ2n) is 5.19. The monoisotopic (exact) mass is 345 g/mol. The van der Waals surface area contributed by atoms with Crippen LogP contribution in [0.5, 0.6) is 11.5 Å². The number of methoxy groups -OCH3 is 2. The molecule has 0 aromatic heterocycles. The molecule has 1 atom stereocenters. The highest BCUT2D eigenvalue weighted by molar-refractivity contribution is 6.32. The van der Waals surface area contributed by atoms with E-state index in [-0.39, 0.29) is 11.9 Å². The predicted octanol–water partition coefficient (Wildman–Crippen LogP) is 4.25. The first kappa shape index (κ1) is 17.9. The summed E-state index contributed by atoms with van der Waals surface area (Å²) in [5, 5.41) is 3.51. The summed E-state index contributed by atoms with van der Waals surface area (Å²) >= 11 is 6.07. The molecule has 0 saturated heterocycles. The van der Waals surface area contributed by atoms with E-state index in [0.29, 0.717) is 16.5 Å². The molecule has 0 fully saturated rings. The minimum atomic E-state index is -0.238. The lowest BCUT2D eigenvalue weighted by atomic mass is 10.1. The summed E-state index contributed by atoms with van der Waals surface area (Å²) in [4.78, 5) is 12.2. The smallest absolute Gasteiger partial charge is 0.244 e. The van der Waals surface area contributed by atoms with Crippen LogP contribution in [0, 0.1) is 0 Å². The summed E-state index contributed by atoms with van der Waals surface area (Å²) in [7, 11) is 3.19. The van der Waals surface area contributed by atoms with E-state index in [1.807, 2.05) is 43.3 Å². The first-order chi connectivity index (χ1) is 11.5. The molecule has 0 aliphatic rings. The van der Waals surface area contributed by atoms with Gasteiger partial charge in [0.15, 0.2) is 0 Å². The molecule has 1 amide bonds. The van der Waals surface area contributed by atoms with Crippen molar-refractivity contribution >= 4 is 23.6 Å². The minimum absolute atomic E-state index is 0.215. The third-order valence-electron chi connectivity index (χ3n) is 3.58. The van der Waals surface area contributed by atoms with Crippen molar-refractivity contribution in [1.82, 2.24) is 5.32 Å². The van der Waals surface area contributed by atoms with Crippen LogP contribution >= 0.6 is 11.6 Å². The van der Waals surface area contributed by atoms with E-state index in [4.69, 9.17) is 21.1 Å². The van der Waals surface area contributed by atoms with Gasteiger partial charge in [0.2, 0.25) is 5.91 Å². The van der Waals surface area contributed by atoms with Crippen molar-refractivity contribution in [2.45, 2.75) is 13.0 Å². The van der Waals surface area contributed by atoms with Crippen molar-refractivity contribution in [3.63, 3.8) is 0 Å². The molecule has 126 valence electrons. The van der Waals surface area contributed by atoms with Crippen LogP contribution in [0.4, 0.5) is 0 Å². The fraction of sp³-hybridized carbons (Fsp3) is 0.211. The van der Waals surface area contributed by atoms with Gasteiger partial charge in [-0.1, -0.05) is 29.8 Å². The molecule has 2 rings (SSSR count).